The predicted octanol–water partition coefficient (Wildman–Crippen LogP) is 4.24. The number of H-pyrrole nitrogens is 1. The Labute approximate surface area is 173 Å². The third-order valence-electron chi connectivity index (χ3n) is 5.22. The number of aromatic amines is 1. The van der Waals surface area contributed by atoms with Gasteiger partial charge >= 0.3 is 0 Å². The van der Waals surface area contributed by atoms with Gasteiger partial charge in [0, 0.05) is 42.7 Å². The first-order valence-electron chi connectivity index (χ1n) is 9.47. The third-order valence-corrected chi connectivity index (χ3v) is 5.42. The summed E-state index contributed by atoms with van der Waals surface area (Å²) in [5.41, 5.74) is 1.96. The average molecular weight is 413 g/mol. The van der Waals surface area contributed by atoms with Crippen molar-refractivity contribution in [3.63, 3.8) is 0 Å². The van der Waals surface area contributed by atoms with E-state index >= 15 is 0 Å². The number of piperidine rings is 1. The number of benzene rings is 1. The second kappa shape index (κ2) is 8.13. The van der Waals surface area contributed by atoms with E-state index in [1.165, 1.54) is 12.1 Å². The number of aromatic nitrogens is 2. The van der Waals surface area contributed by atoms with Gasteiger partial charge in [-0.2, -0.15) is 0 Å². The molecule has 0 unspecified atom stereocenters. The topological polar surface area (TPSA) is 91.2 Å². The van der Waals surface area contributed by atoms with Crippen LogP contribution in [0, 0.1) is 6.92 Å². The predicted molar refractivity (Wildman–Crippen MR) is 109 cm³/mol. The van der Waals surface area contributed by atoms with Gasteiger partial charge in [-0.25, -0.2) is 4.98 Å². The number of anilines is 1. The van der Waals surface area contributed by atoms with E-state index < -0.39 is 5.91 Å². The molecule has 150 valence electrons. The van der Waals surface area contributed by atoms with E-state index in [0.717, 1.165) is 24.2 Å². The van der Waals surface area contributed by atoms with E-state index in [4.69, 9.17) is 16.0 Å². The third kappa shape index (κ3) is 4.19. The lowest BCUT2D eigenvalue weighted by atomic mass is 9.95. The van der Waals surface area contributed by atoms with Crippen LogP contribution in [0.1, 0.15) is 51.1 Å². The SMILES string of the molecule is Cc1ccc(C(=O)N2CCC(c3ncc[nH]3)CC2)cc1NC(=O)c1ccc(Cl)o1. The van der Waals surface area contributed by atoms with Crippen molar-refractivity contribution in [2.24, 2.45) is 0 Å². The van der Waals surface area contributed by atoms with Gasteiger partial charge in [-0.3, -0.25) is 9.59 Å². The highest BCUT2D eigenvalue weighted by Gasteiger charge is 2.26. The first kappa shape index (κ1) is 19.3. The fraction of sp³-hybridized carbons (Fsp3) is 0.286. The summed E-state index contributed by atoms with van der Waals surface area (Å²) < 4.78 is 5.14. The van der Waals surface area contributed by atoms with E-state index in [1.54, 1.807) is 18.3 Å². The number of carbonyl (C=O) groups is 2. The lowest BCUT2D eigenvalue weighted by Gasteiger charge is -2.31. The van der Waals surface area contributed by atoms with Gasteiger partial charge < -0.3 is 19.6 Å². The first-order chi connectivity index (χ1) is 14.0. The number of likely N-dealkylation sites (tertiary alicyclic amines) is 1. The Morgan fingerprint density at radius 1 is 1.24 bits per heavy atom. The van der Waals surface area contributed by atoms with Crippen LogP contribution in [0.5, 0.6) is 0 Å². The number of carbonyl (C=O) groups excluding carboxylic acids is 2. The summed E-state index contributed by atoms with van der Waals surface area (Å²) in [7, 11) is 0. The molecule has 1 fully saturated rings. The zero-order chi connectivity index (χ0) is 20.4. The minimum Gasteiger partial charge on any atom is -0.440 e. The van der Waals surface area contributed by atoms with Crippen LogP contribution < -0.4 is 5.32 Å². The largest absolute Gasteiger partial charge is 0.440 e. The molecule has 1 aliphatic rings. The van der Waals surface area contributed by atoms with Crippen molar-refractivity contribution < 1.29 is 14.0 Å². The van der Waals surface area contributed by atoms with Crippen molar-refractivity contribution in [3.8, 4) is 0 Å². The molecule has 3 aromatic rings. The minimum absolute atomic E-state index is 0.0422. The highest BCUT2D eigenvalue weighted by atomic mass is 35.5. The standard InChI is InChI=1S/C21H21ClN4O3/c1-13-2-3-15(12-16(13)25-20(27)17-4-5-18(22)29-17)21(28)26-10-6-14(7-11-26)19-23-8-9-24-19/h2-5,8-9,12,14H,6-7,10-11H2,1H3,(H,23,24)(H,25,27). The Kier molecular flexibility index (Phi) is 5.40. The molecule has 2 aromatic heterocycles. The average Bonchev–Trinajstić information content (AvgIpc) is 3.41. The second-order valence-electron chi connectivity index (χ2n) is 7.13. The molecule has 1 saturated heterocycles. The van der Waals surface area contributed by atoms with E-state index in [1.807, 2.05) is 24.1 Å². The number of halogens is 1. The number of amides is 2. The molecule has 3 heterocycles. The normalized spacial score (nSPS) is 14.8. The van der Waals surface area contributed by atoms with Gasteiger partial charge in [0.15, 0.2) is 11.0 Å². The summed E-state index contributed by atoms with van der Waals surface area (Å²) in [6.45, 7) is 3.21. The van der Waals surface area contributed by atoms with Crippen LogP contribution in [-0.2, 0) is 0 Å². The van der Waals surface area contributed by atoms with E-state index in [0.29, 0.717) is 30.3 Å². The fourth-order valence-electron chi connectivity index (χ4n) is 3.55. The summed E-state index contributed by atoms with van der Waals surface area (Å²) in [4.78, 5) is 34.6. The molecule has 8 heteroatoms. The molecule has 1 aromatic carbocycles. The van der Waals surface area contributed by atoms with Gasteiger partial charge in [0.1, 0.15) is 5.82 Å². The van der Waals surface area contributed by atoms with Crippen LogP contribution in [-0.4, -0.2) is 39.8 Å². The van der Waals surface area contributed by atoms with E-state index in [2.05, 4.69) is 15.3 Å². The lowest BCUT2D eigenvalue weighted by Crippen LogP contribution is -2.38. The van der Waals surface area contributed by atoms with Crippen LogP contribution in [0.15, 0.2) is 47.1 Å². The molecule has 0 atom stereocenters. The number of furan rings is 1. The van der Waals surface area contributed by atoms with Crippen molar-refractivity contribution in [1.82, 2.24) is 14.9 Å². The van der Waals surface area contributed by atoms with Crippen molar-refractivity contribution in [2.75, 3.05) is 18.4 Å². The molecule has 0 saturated carbocycles. The van der Waals surface area contributed by atoms with Gasteiger partial charge in [0.25, 0.3) is 11.8 Å². The monoisotopic (exact) mass is 412 g/mol. The van der Waals surface area contributed by atoms with Gasteiger partial charge in [-0.15, -0.1) is 0 Å². The Balaban J connectivity index is 1.44. The van der Waals surface area contributed by atoms with E-state index in [9.17, 15) is 9.59 Å². The zero-order valence-corrected chi connectivity index (χ0v) is 16.7. The minimum atomic E-state index is -0.413. The van der Waals surface area contributed by atoms with Crippen molar-refractivity contribution in [3.05, 3.63) is 70.7 Å². The molecule has 0 bridgehead atoms. The Morgan fingerprint density at radius 3 is 2.69 bits per heavy atom. The summed E-state index contributed by atoms with van der Waals surface area (Å²) in [5, 5.41) is 2.94. The maximum absolute atomic E-state index is 13.0. The van der Waals surface area contributed by atoms with Crippen molar-refractivity contribution in [2.45, 2.75) is 25.7 Å². The molecular formula is C21H21ClN4O3. The fourth-order valence-corrected chi connectivity index (χ4v) is 3.70. The second-order valence-corrected chi connectivity index (χ2v) is 7.50. The molecule has 0 radical (unpaired) electrons. The van der Waals surface area contributed by atoms with Crippen LogP contribution in [0.3, 0.4) is 0 Å². The summed E-state index contributed by atoms with van der Waals surface area (Å²) in [6.07, 6.45) is 5.32. The number of aryl methyl sites for hydroxylation is 1. The summed E-state index contributed by atoms with van der Waals surface area (Å²) in [5.74, 6) is 0.993. The Bertz CT molecular complexity index is 1020. The van der Waals surface area contributed by atoms with Crippen LogP contribution in [0.25, 0.3) is 0 Å². The molecule has 7 nitrogen and oxygen atoms in total. The molecule has 29 heavy (non-hydrogen) atoms. The van der Waals surface area contributed by atoms with Crippen LogP contribution in [0.2, 0.25) is 5.22 Å². The molecule has 2 amide bonds. The van der Waals surface area contributed by atoms with Gasteiger partial charge in [0.05, 0.1) is 0 Å². The smallest absolute Gasteiger partial charge is 0.291 e. The molecular weight excluding hydrogens is 392 g/mol. The van der Waals surface area contributed by atoms with Gasteiger partial charge in [0.2, 0.25) is 0 Å². The summed E-state index contributed by atoms with van der Waals surface area (Å²) in [6, 6.07) is 8.34. The molecule has 0 aliphatic carbocycles. The maximum Gasteiger partial charge on any atom is 0.291 e. The highest BCUT2D eigenvalue weighted by molar-refractivity contribution is 6.29. The number of nitrogens with one attached hydrogen (secondary N) is 2. The summed E-state index contributed by atoms with van der Waals surface area (Å²) >= 11 is 5.73. The van der Waals surface area contributed by atoms with Crippen LogP contribution in [0.4, 0.5) is 5.69 Å². The maximum atomic E-state index is 13.0. The Morgan fingerprint density at radius 2 is 2.03 bits per heavy atom. The lowest BCUT2D eigenvalue weighted by molar-refractivity contribution is 0.0711. The van der Waals surface area contributed by atoms with Gasteiger partial charge in [-0.05, 0) is 61.2 Å². The Hall–Kier alpha value is -3.06. The van der Waals surface area contributed by atoms with Crippen molar-refractivity contribution in [1.29, 1.82) is 0 Å². The number of nitrogens with zero attached hydrogens (tertiary/aromatic N) is 2. The van der Waals surface area contributed by atoms with Crippen molar-refractivity contribution >= 4 is 29.1 Å². The number of hydrogen-bond acceptors (Lipinski definition) is 4. The number of rotatable bonds is 4. The zero-order valence-electron chi connectivity index (χ0n) is 15.9. The number of imidazole rings is 1. The van der Waals surface area contributed by atoms with E-state index in [-0.39, 0.29) is 16.9 Å². The quantitative estimate of drug-likeness (QED) is 0.670. The molecule has 4 rings (SSSR count). The molecule has 2 N–H and O–H groups in total. The van der Waals surface area contributed by atoms with Crippen LogP contribution >= 0.6 is 11.6 Å². The molecule has 0 spiro atoms. The first-order valence-corrected chi connectivity index (χ1v) is 9.85. The van der Waals surface area contributed by atoms with Gasteiger partial charge in [-0.1, -0.05) is 6.07 Å². The number of hydrogen-bond donors (Lipinski definition) is 2. The highest BCUT2D eigenvalue weighted by Crippen LogP contribution is 2.27. The molecule has 1 aliphatic heterocycles.